The molecular weight excluding hydrogens is 340 g/mol. The molecule has 130 valence electrons. The smallest absolute Gasteiger partial charge is 0.420 e. The Balaban J connectivity index is 1.51. The standard InChI is InChI=1S/C19H19ClN2O3/c20-14-5-6-18-16(11-14)22(19(24)25-18)15-7-9-21(10-8-15)12-13-3-1-2-4-17(13)23/h1-6,11,15,23H,7-10,12H2. The summed E-state index contributed by atoms with van der Waals surface area (Å²) < 4.78 is 7.08. The zero-order valence-corrected chi connectivity index (χ0v) is 14.4. The Bertz CT molecular complexity index is 955. The Morgan fingerprint density at radius 2 is 1.92 bits per heavy atom. The van der Waals surface area contributed by atoms with Gasteiger partial charge in [0.05, 0.1) is 5.52 Å². The molecule has 1 fully saturated rings. The second kappa shape index (κ2) is 6.58. The van der Waals surface area contributed by atoms with Gasteiger partial charge in [-0.15, -0.1) is 0 Å². The second-order valence-corrected chi connectivity index (χ2v) is 6.92. The van der Waals surface area contributed by atoms with Crippen molar-refractivity contribution in [1.29, 1.82) is 0 Å². The lowest BCUT2D eigenvalue weighted by Crippen LogP contribution is -2.36. The summed E-state index contributed by atoms with van der Waals surface area (Å²) >= 11 is 6.08. The summed E-state index contributed by atoms with van der Waals surface area (Å²) in [6.07, 6.45) is 1.71. The third kappa shape index (κ3) is 3.17. The first kappa shape index (κ1) is 16.2. The number of aromatic nitrogens is 1. The molecule has 0 spiro atoms. The molecule has 0 radical (unpaired) electrons. The third-order valence-electron chi connectivity index (χ3n) is 4.88. The van der Waals surface area contributed by atoms with Gasteiger partial charge in [-0.05, 0) is 37.1 Å². The molecule has 0 aliphatic carbocycles. The van der Waals surface area contributed by atoms with Crippen LogP contribution in [0.3, 0.4) is 0 Å². The third-order valence-corrected chi connectivity index (χ3v) is 5.12. The van der Waals surface area contributed by atoms with Crippen LogP contribution in [0.15, 0.2) is 51.7 Å². The zero-order chi connectivity index (χ0) is 17.4. The van der Waals surface area contributed by atoms with Crippen LogP contribution in [-0.2, 0) is 6.54 Å². The van der Waals surface area contributed by atoms with Crippen molar-refractivity contribution in [2.45, 2.75) is 25.4 Å². The van der Waals surface area contributed by atoms with Crippen molar-refractivity contribution < 1.29 is 9.52 Å². The van der Waals surface area contributed by atoms with E-state index in [2.05, 4.69) is 4.90 Å². The quantitative estimate of drug-likeness (QED) is 0.773. The van der Waals surface area contributed by atoms with E-state index in [9.17, 15) is 9.90 Å². The topological polar surface area (TPSA) is 58.6 Å². The first-order valence-corrected chi connectivity index (χ1v) is 8.79. The van der Waals surface area contributed by atoms with Crippen molar-refractivity contribution in [1.82, 2.24) is 9.47 Å². The highest BCUT2D eigenvalue weighted by molar-refractivity contribution is 6.31. The number of phenolic OH excluding ortho intramolecular Hbond substituents is 1. The molecule has 0 amide bonds. The van der Waals surface area contributed by atoms with Crippen LogP contribution in [0.5, 0.6) is 5.75 Å². The molecule has 6 heteroatoms. The fourth-order valence-corrected chi connectivity index (χ4v) is 3.74. The number of benzene rings is 2. The average molecular weight is 359 g/mol. The Labute approximate surface area is 150 Å². The maximum absolute atomic E-state index is 12.3. The molecule has 1 aromatic heterocycles. The SMILES string of the molecule is O=c1oc2ccc(Cl)cc2n1C1CCN(Cc2ccccc2O)CC1. The number of fused-ring (bicyclic) bond motifs is 1. The van der Waals surface area contributed by atoms with E-state index in [4.69, 9.17) is 16.0 Å². The molecular formula is C19H19ClN2O3. The summed E-state index contributed by atoms with van der Waals surface area (Å²) in [4.78, 5) is 14.6. The minimum absolute atomic E-state index is 0.104. The van der Waals surface area contributed by atoms with Crippen molar-refractivity contribution in [2.75, 3.05) is 13.1 Å². The van der Waals surface area contributed by atoms with Crippen LogP contribution < -0.4 is 5.76 Å². The molecule has 5 nitrogen and oxygen atoms in total. The minimum atomic E-state index is -0.323. The van der Waals surface area contributed by atoms with Gasteiger partial charge in [-0.2, -0.15) is 0 Å². The summed E-state index contributed by atoms with van der Waals surface area (Å²) in [6, 6.07) is 12.8. The lowest BCUT2D eigenvalue weighted by molar-refractivity contribution is 0.176. The summed E-state index contributed by atoms with van der Waals surface area (Å²) in [6.45, 7) is 2.43. The molecule has 0 saturated carbocycles. The average Bonchev–Trinajstić information content (AvgIpc) is 2.93. The second-order valence-electron chi connectivity index (χ2n) is 6.49. The minimum Gasteiger partial charge on any atom is -0.508 e. The number of nitrogens with zero attached hydrogens (tertiary/aromatic N) is 2. The van der Waals surface area contributed by atoms with Gasteiger partial charge in [0.15, 0.2) is 5.58 Å². The molecule has 2 heterocycles. The number of likely N-dealkylation sites (tertiary alicyclic amines) is 1. The van der Waals surface area contributed by atoms with Gasteiger partial charge in [0, 0.05) is 36.3 Å². The molecule has 4 rings (SSSR count). The Hall–Kier alpha value is -2.24. The predicted molar refractivity (Wildman–Crippen MR) is 97.1 cm³/mol. The number of oxazole rings is 1. The Morgan fingerprint density at radius 1 is 1.16 bits per heavy atom. The molecule has 0 atom stereocenters. The fraction of sp³-hybridized carbons (Fsp3) is 0.316. The van der Waals surface area contributed by atoms with Crippen molar-refractivity contribution in [3.63, 3.8) is 0 Å². The van der Waals surface area contributed by atoms with Gasteiger partial charge in [0.2, 0.25) is 0 Å². The van der Waals surface area contributed by atoms with E-state index < -0.39 is 0 Å². The molecule has 1 aliphatic rings. The Morgan fingerprint density at radius 3 is 2.68 bits per heavy atom. The molecule has 2 aromatic carbocycles. The molecule has 25 heavy (non-hydrogen) atoms. The first-order chi connectivity index (χ1) is 12.1. The van der Waals surface area contributed by atoms with E-state index in [1.807, 2.05) is 18.2 Å². The maximum atomic E-state index is 12.3. The van der Waals surface area contributed by atoms with Crippen LogP contribution in [0.4, 0.5) is 0 Å². The zero-order valence-electron chi connectivity index (χ0n) is 13.7. The number of para-hydroxylation sites is 1. The van der Waals surface area contributed by atoms with Crippen LogP contribution in [0.2, 0.25) is 5.02 Å². The van der Waals surface area contributed by atoms with Crippen LogP contribution >= 0.6 is 11.6 Å². The summed E-state index contributed by atoms with van der Waals surface area (Å²) in [5.74, 6) is 0.00716. The number of aromatic hydroxyl groups is 1. The Kier molecular flexibility index (Phi) is 4.27. The van der Waals surface area contributed by atoms with Crippen LogP contribution in [0, 0.1) is 0 Å². The number of halogens is 1. The van der Waals surface area contributed by atoms with E-state index in [-0.39, 0.29) is 11.8 Å². The summed E-state index contributed by atoms with van der Waals surface area (Å²) in [5, 5.41) is 10.5. The highest BCUT2D eigenvalue weighted by atomic mass is 35.5. The monoisotopic (exact) mass is 358 g/mol. The van der Waals surface area contributed by atoms with Crippen LogP contribution in [0.25, 0.3) is 11.1 Å². The van der Waals surface area contributed by atoms with Crippen LogP contribution in [-0.4, -0.2) is 27.7 Å². The van der Waals surface area contributed by atoms with Gasteiger partial charge in [-0.3, -0.25) is 9.47 Å². The molecule has 0 bridgehead atoms. The largest absolute Gasteiger partial charge is 0.508 e. The summed E-state index contributed by atoms with van der Waals surface area (Å²) in [7, 11) is 0. The van der Waals surface area contributed by atoms with Gasteiger partial charge in [-0.1, -0.05) is 29.8 Å². The van der Waals surface area contributed by atoms with Gasteiger partial charge < -0.3 is 9.52 Å². The number of phenols is 1. The van der Waals surface area contributed by atoms with E-state index in [1.54, 1.807) is 28.8 Å². The normalized spacial score (nSPS) is 16.5. The van der Waals surface area contributed by atoms with Crippen molar-refractivity contribution in [3.8, 4) is 5.75 Å². The molecule has 1 saturated heterocycles. The first-order valence-electron chi connectivity index (χ1n) is 8.41. The van der Waals surface area contributed by atoms with Crippen LogP contribution in [0.1, 0.15) is 24.4 Å². The number of hydrogen-bond acceptors (Lipinski definition) is 4. The molecule has 1 aliphatic heterocycles. The predicted octanol–water partition coefficient (Wildman–Crippen LogP) is 3.79. The van der Waals surface area contributed by atoms with Gasteiger partial charge >= 0.3 is 5.76 Å². The van der Waals surface area contributed by atoms with Crippen molar-refractivity contribution in [3.05, 3.63) is 63.6 Å². The van der Waals surface area contributed by atoms with Crippen molar-refractivity contribution in [2.24, 2.45) is 0 Å². The summed E-state index contributed by atoms with van der Waals surface area (Å²) in [5.41, 5.74) is 2.27. The van der Waals surface area contributed by atoms with E-state index in [0.717, 1.165) is 37.0 Å². The van der Waals surface area contributed by atoms with Gasteiger partial charge in [-0.25, -0.2) is 4.79 Å². The van der Waals surface area contributed by atoms with E-state index in [1.165, 1.54) is 0 Å². The number of rotatable bonds is 3. The fourth-order valence-electron chi connectivity index (χ4n) is 3.57. The molecule has 0 unspecified atom stereocenters. The van der Waals surface area contributed by atoms with E-state index >= 15 is 0 Å². The lowest BCUT2D eigenvalue weighted by atomic mass is 10.0. The van der Waals surface area contributed by atoms with Gasteiger partial charge in [0.25, 0.3) is 0 Å². The number of hydrogen-bond donors (Lipinski definition) is 1. The maximum Gasteiger partial charge on any atom is 0.420 e. The number of piperidine rings is 1. The van der Waals surface area contributed by atoms with Gasteiger partial charge in [0.1, 0.15) is 5.75 Å². The molecule has 3 aromatic rings. The highest BCUT2D eigenvalue weighted by Crippen LogP contribution is 2.28. The van der Waals surface area contributed by atoms with E-state index in [0.29, 0.717) is 22.9 Å². The van der Waals surface area contributed by atoms with Crippen molar-refractivity contribution >= 4 is 22.7 Å². The molecule has 1 N–H and O–H groups in total. The lowest BCUT2D eigenvalue weighted by Gasteiger charge is -2.32. The highest BCUT2D eigenvalue weighted by Gasteiger charge is 2.25.